The fourth-order valence-electron chi connectivity index (χ4n) is 4.03. The molecule has 2 aromatic rings. The molecule has 0 radical (unpaired) electrons. The fourth-order valence-corrected chi connectivity index (χ4v) is 5.90. The molecule has 4 rings (SSSR count). The topological polar surface area (TPSA) is 75.7 Å². The monoisotopic (exact) mass is 416 g/mol. The van der Waals surface area contributed by atoms with Crippen LogP contribution in [0, 0.1) is 5.92 Å². The number of fused-ring (bicyclic) bond motifs is 1. The van der Waals surface area contributed by atoms with Crippen LogP contribution in [0.15, 0.2) is 36.4 Å². The van der Waals surface area contributed by atoms with E-state index in [0.717, 1.165) is 36.5 Å². The summed E-state index contributed by atoms with van der Waals surface area (Å²) in [6, 6.07) is 11.6. The number of nitrogens with zero attached hydrogens (tertiary/aromatic N) is 1. The zero-order valence-electron chi connectivity index (χ0n) is 16.8. The number of amides is 1. The van der Waals surface area contributed by atoms with Crippen molar-refractivity contribution in [1.82, 2.24) is 9.62 Å². The summed E-state index contributed by atoms with van der Waals surface area (Å²) in [5.74, 6) is 0.738. The van der Waals surface area contributed by atoms with E-state index >= 15 is 0 Å². The van der Waals surface area contributed by atoms with Crippen LogP contribution >= 0.6 is 0 Å². The van der Waals surface area contributed by atoms with E-state index in [0.29, 0.717) is 37.6 Å². The SMILES string of the molecule is CCOc1ccc2ccccc2c1C(=O)NCC1CCN(S(=O)(=O)C2CC2)CC1. The molecule has 0 unspecified atom stereocenters. The first kappa shape index (κ1) is 20.2. The molecule has 7 heteroatoms. The molecule has 1 aliphatic carbocycles. The van der Waals surface area contributed by atoms with Gasteiger partial charge >= 0.3 is 0 Å². The number of rotatable bonds is 7. The number of carbonyl (C=O) groups is 1. The molecule has 6 nitrogen and oxygen atoms in total. The summed E-state index contributed by atoms with van der Waals surface area (Å²) >= 11 is 0. The Morgan fingerprint density at radius 3 is 2.52 bits per heavy atom. The highest BCUT2D eigenvalue weighted by Crippen LogP contribution is 2.33. The van der Waals surface area contributed by atoms with Crippen molar-refractivity contribution in [2.45, 2.75) is 37.9 Å². The summed E-state index contributed by atoms with van der Waals surface area (Å²) in [4.78, 5) is 13.0. The summed E-state index contributed by atoms with van der Waals surface area (Å²) in [5.41, 5.74) is 0.568. The van der Waals surface area contributed by atoms with Gasteiger partial charge in [0.2, 0.25) is 10.0 Å². The summed E-state index contributed by atoms with van der Waals surface area (Å²) in [5, 5.41) is 4.79. The average Bonchev–Trinajstić information content (AvgIpc) is 3.58. The molecular weight excluding hydrogens is 388 g/mol. The number of piperidine rings is 1. The third kappa shape index (κ3) is 4.26. The smallest absolute Gasteiger partial charge is 0.255 e. The molecule has 2 fully saturated rings. The molecule has 1 amide bonds. The van der Waals surface area contributed by atoms with Crippen molar-refractivity contribution in [2.75, 3.05) is 26.2 Å². The number of hydrogen-bond acceptors (Lipinski definition) is 4. The Bertz CT molecular complexity index is 993. The van der Waals surface area contributed by atoms with Crippen LogP contribution in [0.3, 0.4) is 0 Å². The Morgan fingerprint density at radius 1 is 1.10 bits per heavy atom. The predicted molar refractivity (Wildman–Crippen MR) is 114 cm³/mol. The molecule has 1 N–H and O–H groups in total. The maximum Gasteiger partial charge on any atom is 0.255 e. The normalized spacial score (nSPS) is 18.7. The van der Waals surface area contributed by atoms with Crippen molar-refractivity contribution in [1.29, 1.82) is 0 Å². The molecule has 1 saturated carbocycles. The zero-order chi connectivity index (χ0) is 20.4. The van der Waals surface area contributed by atoms with E-state index in [2.05, 4.69) is 5.32 Å². The second kappa shape index (κ2) is 8.32. The molecule has 156 valence electrons. The van der Waals surface area contributed by atoms with Crippen molar-refractivity contribution in [2.24, 2.45) is 5.92 Å². The lowest BCUT2D eigenvalue weighted by atomic mass is 9.97. The lowest BCUT2D eigenvalue weighted by Gasteiger charge is -2.31. The first-order valence-corrected chi connectivity index (χ1v) is 11.9. The van der Waals surface area contributed by atoms with E-state index in [4.69, 9.17) is 4.74 Å². The van der Waals surface area contributed by atoms with Crippen LogP contribution in [0.5, 0.6) is 5.75 Å². The van der Waals surface area contributed by atoms with Crippen molar-refractivity contribution in [3.63, 3.8) is 0 Å². The minimum absolute atomic E-state index is 0.140. The maximum atomic E-state index is 13.0. The van der Waals surface area contributed by atoms with Crippen LogP contribution in [-0.4, -0.2) is 50.1 Å². The van der Waals surface area contributed by atoms with Gasteiger partial charge in [0.25, 0.3) is 5.91 Å². The minimum Gasteiger partial charge on any atom is -0.493 e. The van der Waals surface area contributed by atoms with Crippen LogP contribution in [0.1, 0.15) is 43.0 Å². The van der Waals surface area contributed by atoms with Gasteiger partial charge in [0.15, 0.2) is 0 Å². The van der Waals surface area contributed by atoms with Crippen LogP contribution in [-0.2, 0) is 10.0 Å². The van der Waals surface area contributed by atoms with Crippen LogP contribution in [0.4, 0.5) is 0 Å². The molecule has 1 saturated heterocycles. The van der Waals surface area contributed by atoms with Gasteiger partial charge in [-0.1, -0.05) is 30.3 Å². The van der Waals surface area contributed by atoms with Crippen molar-refractivity contribution < 1.29 is 17.9 Å². The van der Waals surface area contributed by atoms with E-state index in [9.17, 15) is 13.2 Å². The highest BCUT2D eigenvalue weighted by molar-refractivity contribution is 7.90. The highest BCUT2D eigenvalue weighted by atomic mass is 32.2. The Kier molecular flexibility index (Phi) is 5.79. The molecule has 2 aliphatic rings. The van der Waals surface area contributed by atoms with Gasteiger partial charge in [-0.15, -0.1) is 0 Å². The molecule has 1 heterocycles. The van der Waals surface area contributed by atoms with Gasteiger partial charge < -0.3 is 10.1 Å². The second-order valence-electron chi connectivity index (χ2n) is 7.89. The third-order valence-corrected chi connectivity index (χ3v) is 8.25. The highest BCUT2D eigenvalue weighted by Gasteiger charge is 2.41. The molecular formula is C22H28N2O4S. The van der Waals surface area contributed by atoms with Crippen molar-refractivity contribution in [3.05, 3.63) is 42.0 Å². The van der Waals surface area contributed by atoms with E-state index in [1.54, 1.807) is 4.31 Å². The molecule has 0 atom stereocenters. The Labute approximate surface area is 172 Å². The van der Waals surface area contributed by atoms with E-state index in [1.807, 2.05) is 43.3 Å². The molecule has 1 aliphatic heterocycles. The standard InChI is InChI=1S/C22H28N2O4S/c1-2-28-20-10-7-17-5-3-4-6-19(17)21(20)22(25)23-15-16-11-13-24(14-12-16)29(26,27)18-8-9-18/h3-7,10,16,18H,2,8-9,11-15H2,1H3,(H,23,25). The van der Waals surface area contributed by atoms with Gasteiger partial charge in [-0.3, -0.25) is 4.79 Å². The Balaban J connectivity index is 1.41. The molecule has 29 heavy (non-hydrogen) atoms. The number of sulfonamides is 1. The number of hydrogen-bond donors (Lipinski definition) is 1. The van der Waals surface area contributed by atoms with Crippen LogP contribution in [0.25, 0.3) is 10.8 Å². The largest absolute Gasteiger partial charge is 0.493 e. The maximum absolute atomic E-state index is 13.0. The van der Waals surface area contributed by atoms with Crippen LogP contribution in [0.2, 0.25) is 0 Å². The van der Waals surface area contributed by atoms with Crippen molar-refractivity contribution >= 4 is 26.7 Å². The van der Waals surface area contributed by atoms with Gasteiger partial charge in [-0.25, -0.2) is 12.7 Å². The first-order chi connectivity index (χ1) is 14.0. The number of nitrogens with one attached hydrogen (secondary N) is 1. The van der Waals surface area contributed by atoms with Gasteiger partial charge in [0, 0.05) is 19.6 Å². The molecule has 0 spiro atoms. The summed E-state index contributed by atoms with van der Waals surface area (Å²) in [6.45, 7) is 4.05. The second-order valence-corrected chi connectivity index (χ2v) is 10.1. The third-order valence-electron chi connectivity index (χ3n) is 5.85. The number of carbonyl (C=O) groups excluding carboxylic acids is 1. The van der Waals surface area contributed by atoms with Gasteiger partial charge in [-0.2, -0.15) is 0 Å². The molecule has 0 bridgehead atoms. The quantitative estimate of drug-likeness (QED) is 0.752. The van der Waals surface area contributed by atoms with Gasteiger partial charge in [0.05, 0.1) is 17.4 Å². The van der Waals surface area contributed by atoms with E-state index in [1.165, 1.54) is 0 Å². The van der Waals surface area contributed by atoms with Crippen molar-refractivity contribution in [3.8, 4) is 5.75 Å². The summed E-state index contributed by atoms with van der Waals surface area (Å²) < 4.78 is 32.1. The van der Waals surface area contributed by atoms with Gasteiger partial charge in [0.1, 0.15) is 5.75 Å². The fraction of sp³-hybridized carbons (Fsp3) is 0.500. The Morgan fingerprint density at radius 2 is 1.83 bits per heavy atom. The van der Waals surface area contributed by atoms with Gasteiger partial charge in [-0.05, 0) is 55.4 Å². The summed E-state index contributed by atoms with van der Waals surface area (Å²) in [6.07, 6.45) is 3.15. The predicted octanol–water partition coefficient (Wildman–Crippen LogP) is 3.17. The Hall–Kier alpha value is -2.12. The number of ether oxygens (including phenoxy) is 1. The molecule has 0 aromatic heterocycles. The first-order valence-electron chi connectivity index (χ1n) is 10.4. The number of benzene rings is 2. The lowest BCUT2D eigenvalue weighted by Crippen LogP contribution is -2.42. The van der Waals surface area contributed by atoms with E-state index < -0.39 is 10.0 Å². The summed E-state index contributed by atoms with van der Waals surface area (Å²) in [7, 11) is -3.09. The van der Waals surface area contributed by atoms with Crippen LogP contribution < -0.4 is 10.1 Å². The zero-order valence-corrected chi connectivity index (χ0v) is 17.6. The average molecular weight is 417 g/mol. The van der Waals surface area contributed by atoms with E-state index in [-0.39, 0.29) is 17.1 Å². The molecule has 2 aromatic carbocycles. The minimum atomic E-state index is -3.09. The lowest BCUT2D eigenvalue weighted by molar-refractivity contribution is 0.0939.